The summed E-state index contributed by atoms with van der Waals surface area (Å²) < 4.78 is 7.99. The van der Waals surface area contributed by atoms with Crippen molar-refractivity contribution in [2.45, 2.75) is 12.6 Å². The fourth-order valence-electron chi connectivity index (χ4n) is 2.23. The first-order valence-electron chi connectivity index (χ1n) is 6.49. The van der Waals surface area contributed by atoms with Crippen LogP contribution in [0.1, 0.15) is 17.3 Å². The zero-order valence-corrected chi connectivity index (χ0v) is 13.1. The molecule has 0 bridgehead atoms. The van der Waals surface area contributed by atoms with Crippen LogP contribution in [-0.4, -0.2) is 28.5 Å². The molecule has 7 heteroatoms. The lowest BCUT2D eigenvalue weighted by Gasteiger charge is -2.15. The molecule has 0 saturated carbocycles. The summed E-state index contributed by atoms with van der Waals surface area (Å²) in [7, 11) is 1.65. The van der Waals surface area contributed by atoms with E-state index in [9.17, 15) is 0 Å². The number of aromatic nitrogens is 3. The Morgan fingerprint density at radius 3 is 3.14 bits per heavy atom. The first kappa shape index (κ1) is 14.5. The fraction of sp³-hybridized carbons (Fsp3) is 0.286. The number of rotatable bonds is 5. The maximum Gasteiger partial charge on any atom is 0.0837 e. The van der Waals surface area contributed by atoms with Crippen molar-refractivity contribution < 1.29 is 4.74 Å². The summed E-state index contributed by atoms with van der Waals surface area (Å²) >= 11 is 7.89. The molecule has 0 aromatic carbocycles. The third kappa shape index (κ3) is 2.80. The van der Waals surface area contributed by atoms with Gasteiger partial charge in [-0.2, -0.15) is 5.10 Å². The topological polar surface area (TPSA) is 66.0 Å². The third-order valence-corrected chi connectivity index (χ3v) is 4.46. The van der Waals surface area contributed by atoms with E-state index in [0.717, 1.165) is 21.5 Å². The van der Waals surface area contributed by atoms with Crippen LogP contribution < -0.4 is 5.73 Å². The van der Waals surface area contributed by atoms with E-state index in [2.05, 4.69) is 16.1 Å². The Morgan fingerprint density at radius 2 is 2.33 bits per heavy atom. The van der Waals surface area contributed by atoms with E-state index >= 15 is 0 Å². The molecule has 5 nitrogen and oxygen atoms in total. The molecule has 1 atom stereocenters. The minimum atomic E-state index is -0.365. The maximum atomic E-state index is 6.37. The van der Waals surface area contributed by atoms with Gasteiger partial charge < -0.3 is 10.5 Å². The summed E-state index contributed by atoms with van der Waals surface area (Å²) in [4.78, 5) is 4.43. The normalized spacial score (nSPS) is 12.9. The number of ether oxygens (including phenoxy) is 1. The number of methoxy groups -OCH3 is 1. The number of nitrogens with zero attached hydrogens (tertiary/aromatic N) is 3. The molecule has 3 aromatic heterocycles. The number of fused-ring (bicyclic) bond motifs is 1. The largest absolute Gasteiger partial charge is 0.383 e. The van der Waals surface area contributed by atoms with Crippen LogP contribution >= 0.6 is 22.9 Å². The summed E-state index contributed by atoms with van der Waals surface area (Å²) in [5, 5.41) is 6.84. The van der Waals surface area contributed by atoms with Gasteiger partial charge in [-0.3, -0.25) is 9.67 Å². The minimum absolute atomic E-state index is 0.365. The van der Waals surface area contributed by atoms with Crippen molar-refractivity contribution in [2.75, 3.05) is 13.7 Å². The van der Waals surface area contributed by atoms with E-state index in [4.69, 9.17) is 22.1 Å². The van der Waals surface area contributed by atoms with Gasteiger partial charge in [-0.15, -0.1) is 11.3 Å². The molecule has 0 aliphatic rings. The Morgan fingerprint density at radius 1 is 1.48 bits per heavy atom. The Labute approximate surface area is 131 Å². The average Bonchev–Trinajstić information content (AvgIpc) is 3.10. The van der Waals surface area contributed by atoms with Crippen molar-refractivity contribution in [2.24, 2.45) is 5.73 Å². The number of thiophene rings is 1. The quantitative estimate of drug-likeness (QED) is 0.784. The van der Waals surface area contributed by atoms with Crippen LogP contribution in [0.4, 0.5) is 0 Å². The monoisotopic (exact) mass is 322 g/mol. The molecule has 1 unspecified atom stereocenters. The lowest BCUT2D eigenvalue weighted by Crippen LogP contribution is -2.19. The lowest BCUT2D eigenvalue weighted by atomic mass is 10.1. The van der Waals surface area contributed by atoms with Gasteiger partial charge in [-0.05, 0) is 23.1 Å². The average molecular weight is 323 g/mol. The van der Waals surface area contributed by atoms with Crippen molar-refractivity contribution in [1.82, 2.24) is 14.8 Å². The summed E-state index contributed by atoms with van der Waals surface area (Å²) in [6.45, 7) is 1.17. The second-order valence-corrected chi connectivity index (χ2v) is 6.00. The molecule has 0 amide bonds. The van der Waals surface area contributed by atoms with Crippen molar-refractivity contribution in [3.05, 3.63) is 46.2 Å². The van der Waals surface area contributed by atoms with Crippen molar-refractivity contribution >= 4 is 33.2 Å². The molecule has 3 rings (SSSR count). The van der Waals surface area contributed by atoms with Gasteiger partial charge in [0, 0.05) is 13.3 Å². The summed E-state index contributed by atoms with van der Waals surface area (Å²) in [6.07, 6.45) is 3.41. The van der Waals surface area contributed by atoms with Crippen LogP contribution in [0, 0.1) is 0 Å². The van der Waals surface area contributed by atoms with Gasteiger partial charge in [-0.1, -0.05) is 11.6 Å². The predicted molar refractivity (Wildman–Crippen MR) is 84.8 cm³/mol. The molecule has 3 heterocycles. The van der Waals surface area contributed by atoms with Gasteiger partial charge in [0.1, 0.15) is 0 Å². The van der Waals surface area contributed by atoms with Crippen LogP contribution in [-0.2, 0) is 11.3 Å². The van der Waals surface area contributed by atoms with Crippen molar-refractivity contribution in [3.8, 4) is 0 Å². The molecular formula is C14H15ClN4OS. The van der Waals surface area contributed by atoms with Crippen LogP contribution in [0.25, 0.3) is 10.2 Å². The Kier molecular flexibility index (Phi) is 4.21. The summed E-state index contributed by atoms with van der Waals surface area (Å²) in [5.74, 6) is 0. The van der Waals surface area contributed by atoms with Crippen molar-refractivity contribution in [3.63, 3.8) is 0 Å². The smallest absolute Gasteiger partial charge is 0.0837 e. The van der Waals surface area contributed by atoms with Crippen LogP contribution in [0.3, 0.4) is 0 Å². The van der Waals surface area contributed by atoms with Gasteiger partial charge in [-0.25, -0.2) is 0 Å². The van der Waals surface area contributed by atoms with Crippen molar-refractivity contribution in [1.29, 1.82) is 0 Å². The molecule has 21 heavy (non-hydrogen) atoms. The highest BCUT2D eigenvalue weighted by atomic mass is 35.5. The summed E-state index contributed by atoms with van der Waals surface area (Å²) in [5.41, 5.74) is 9.06. The molecule has 0 saturated heterocycles. The molecule has 0 aliphatic heterocycles. The fourth-order valence-corrected chi connectivity index (χ4v) is 3.27. The highest BCUT2D eigenvalue weighted by Crippen LogP contribution is 2.29. The zero-order valence-electron chi connectivity index (χ0n) is 11.5. The number of nitrogens with two attached hydrogens (primary N) is 1. The molecule has 2 N–H and O–H groups in total. The van der Waals surface area contributed by atoms with E-state index < -0.39 is 0 Å². The van der Waals surface area contributed by atoms with Gasteiger partial charge >= 0.3 is 0 Å². The number of pyridine rings is 1. The van der Waals surface area contributed by atoms with Gasteiger partial charge in [0.05, 0.1) is 46.3 Å². The number of hydrogen-bond donors (Lipinski definition) is 1. The Hall–Kier alpha value is -1.47. The van der Waals surface area contributed by atoms with Gasteiger partial charge in [0.2, 0.25) is 0 Å². The van der Waals surface area contributed by atoms with E-state index in [0.29, 0.717) is 18.2 Å². The molecule has 0 spiro atoms. The highest BCUT2D eigenvalue weighted by molar-refractivity contribution is 7.17. The Balaban J connectivity index is 1.96. The number of halogens is 1. The van der Waals surface area contributed by atoms with E-state index in [1.54, 1.807) is 35.5 Å². The second-order valence-electron chi connectivity index (χ2n) is 4.64. The third-order valence-electron chi connectivity index (χ3n) is 3.32. The second kappa shape index (κ2) is 6.11. The molecular weight excluding hydrogens is 308 g/mol. The molecule has 0 fully saturated rings. The zero-order chi connectivity index (χ0) is 14.8. The van der Waals surface area contributed by atoms with Gasteiger partial charge in [0.15, 0.2) is 0 Å². The molecule has 0 radical (unpaired) electrons. The van der Waals surface area contributed by atoms with Gasteiger partial charge in [0.25, 0.3) is 0 Å². The minimum Gasteiger partial charge on any atom is -0.383 e. The number of hydrogen-bond acceptors (Lipinski definition) is 5. The standard InChI is InChI=1S/C14H15ClN4OS/c1-20-4-3-19-14(10(15)8-18-19)13(16)9-6-12-11(17-7-9)2-5-21-12/h2,5-8,13H,3-4,16H2,1H3. The van der Waals surface area contributed by atoms with E-state index in [-0.39, 0.29) is 6.04 Å². The summed E-state index contributed by atoms with van der Waals surface area (Å²) in [6, 6.07) is 3.68. The van der Waals surface area contributed by atoms with Crippen LogP contribution in [0.15, 0.2) is 29.9 Å². The van der Waals surface area contributed by atoms with E-state index in [1.165, 1.54) is 0 Å². The SMILES string of the molecule is COCCn1ncc(Cl)c1C(N)c1cnc2ccsc2c1. The molecule has 3 aromatic rings. The Bertz CT molecular complexity index is 754. The first-order valence-corrected chi connectivity index (χ1v) is 7.75. The molecule has 110 valence electrons. The van der Waals surface area contributed by atoms with Crippen LogP contribution in [0.2, 0.25) is 5.02 Å². The predicted octanol–water partition coefficient (Wildman–Crippen LogP) is 2.84. The maximum absolute atomic E-state index is 6.37. The highest BCUT2D eigenvalue weighted by Gasteiger charge is 2.19. The molecule has 0 aliphatic carbocycles. The van der Waals surface area contributed by atoms with Crippen LogP contribution in [0.5, 0.6) is 0 Å². The van der Waals surface area contributed by atoms with E-state index in [1.807, 2.05) is 11.4 Å². The first-order chi connectivity index (χ1) is 10.2. The lowest BCUT2D eigenvalue weighted by molar-refractivity contribution is 0.182.